The molecule has 1 aliphatic rings. The lowest BCUT2D eigenvalue weighted by atomic mass is 10.1. The molecule has 104 valence electrons. The first-order chi connectivity index (χ1) is 9.61. The molecule has 1 aliphatic heterocycles. The van der Waals surface area contributed by atoms with Crippen LogP contribution < -0.4 is 10.3 Å². The molecule has 0 spiro atoms. The van der Waals surface area contributed by atoms with E-state index in [-0.39, 0.29) is 18.2 Å². The number of nitrogens with zero attached hydrogens (tertiary/aromatic N) is 1. The molecule has 0 amide bonds. The van der Waals surface area contributed by atoms with Crippen molar-refractivity contribution < 1.29 is 19.4 Å². The largest absolute Gasteiger partial charge is 0.484 e. The Bertz CT molecular complexity index is 749. The SMILES string of the molecule is COCC1Cn2c(=O)c(C(=O)O)cc3cccc(c32)O1. The maximum atomic E-state index is 12.3. The predicted octanol–water partition coefficient (Wildman–Crippen LogP) is 1.11. The average Bonchev–Trinajstić information content (AvgIpc) is 2.42. The molecule has 0 aliphatic carbocycles. The molecule has 2 heterocycles. The van der Waals surface area contributed by atoms with Crippen molar-refractivity contribution in [2.75, 3.05) is 13.7 Å². The Labute approximate surface area is 114 Å². The highest BCUT2D eigenvalue weighted by molar-refractivity contribution is 5.94. The molecular weight excluding hydrogens is 262 g/mol. The molecular formula is C14H13NO5. The van der Waals surface area contributed by atoms with Crippen LogP contribution in [0.15, 0.2) is 29.1 Å². The van der Waals surface area contributed by atoms with E-state index in [1.165, 1.54) is 10.6 Å². The molecule has 1 N–H and O–H groups in total. The van der Waals surface area contributed by atoms with Gasteiger partial charge in [-0.05, 0) is 12.1 Å². The maximum Gasteiger partial charge on any atom is 0.341 e. The van der Waals surface area contributed by atoms with Crippen molar-refractivity contribution in [1.82, 2.24) is 4.57 Å². The summed E-state index contributed by atoms with van der Waals surface area (Å²) in [5, 5.41) is 9.81. The number of carboxylic acids is 1. The molecule has 2 aromatic rings. The van der Waals surface area contributed by atoms with Gasteiger partial charge in [0.05, 0.1) is 18.7 Å². The van der Waals surface area contributed by atoms with Crippen LogP contribution >= 0.6 is 0 Å². The fraction of sp³-hybridized carbons (Fsp3) is 0.286. The predicted molar refractivity (Wildman–Crippen MR) is 71.5 cm³/mol. The van der Waals surface area contributed by atoms with Crippen LogP contribution in [0.2, 0.25) is 0 Å². The number of aromatic carboxylic acids is 1. The van der Waals surface area contributed by atoms with Gasteiger partial charge in [-0.25, -0.2) is 4.79 Å². The Morgan fingerprint density at radius 3 is 3.05 bits per heavy atom. The first-order valence-electron chi connectivity index (χ1n) is 6.17. The van der Waals surface area contributed by atoms with E-state index in [1.807, 2.05) is 0 Å². The van der Waals surface area contributed by atoms with Gasteiger partial charge in [0.2, 0.25) is 0 Å². The van der Waals surface area contributed by atoms with Gasteiger partial charge in [0.25, 0.3) is 5.56 Å². The third-order valence-corrected chi connectivity index (χ3v) is 3.34. The molecule has 0 bridgehead atoms. The summed E-state index contributed by atoms with van der Waals surface area (Å²) < 4.78 is 12.3. The van der Waals surface area contributed by atoms with Crippen LogP contribution in [0.25, 0.3) is 10.9 Å². The molecule has 0 saturated heterocycles. The molecule has 6 nitrogen and oxygen atoms in total. The number of rotatable bonds is 3. The van der Waals surface area contributed by atoms with Gasteiger partial charge < -0.3 is 19.1 Å². The lowest BCUT2D eigenvalue weighted by Gasteiger charge is -2.27. The van der Waals surface area contributed by atoms with Gasteiger partial charge in [-0.15, -0.1) is 0 Å². The number of methoxy groups -OCH3 is 1. The van der Waals surface area contributed by atoms with E-state index in [0.717, 1.165) is 0 Å². The number of para-hydroxylation sites is 1. The number of pyridine rings is 1. The van der Waals surface area contributed by atoms with Crippen LogP contribution in [0.4, 0.5) is 0 Å². The van der Waals surface area contributed by atoms with Crippen molar-refractivity contribution >= 4 is 16.9 Å². The summed E-state index contributed by atoms with van der Waals surface area (Å²) in [7, 11) is 1.55. The summed E-state index contributed by atoms with van der Waals surface area (Å²) >= 11 is 0. The zero-order valence-electron chi connectivity index (χ0n) is 10.8. The van der Waals surface area contributed by atoms with Gasteiger partial charge in [0.1, 0.15) is 17.4 Å². The molecule has 0 saturated carbocycles. The molecule has 20 heavy (non-hydrogen) atoms. The van der Waals surface area contributed by atoms with Gasteiger partial charge in [0, 0.05) is 12.5 Å². The molecule has 1 atom stereocenters. The molecule has 1 aromatic heterocycles. The van der Waals surface area contributed by atoms with Crippen molar-refractivity contribution in [2.45, 2.75) is 12.6 Å². The summed E-state index contributed by atoms with van der Waals surface area (Å²) in [5.41, 5.74) is -0.107. The molecule has 0 radical (unpaired) electrons. The second-order valence-corrected chi connectivity index (χ2v) is 4.67. The van der Waals surface area contributed by atoms with E-state index in [0.29, 0.717) is 23.3 Å². The Balaban J connectivity index is 2.28. The standard InChI is InChI=1S/C14H13NO5/c1-19-7-9-6-15-12-8(3-2-4-11(12)20-9)5-10(13(15)16)14(17)18/h2-5,9H,6-7H2,1H3,(H,17,18). The second-order valence-electron chi connectivity index (χ2n) is 4.67. The summed E-state index contributed by atoms with van der Waals surface area (Å²) in [6.45, 7) is 0.612. The lowest BCUT2D eigenvalue weighted by Crippen LogP contribution is -2.38. The summed E-state index contributed by atoms with van der Waals surface area (Å²) in [5.74, 6) is -0.648. The van der Waals surface area contributed by atoms with Crippen LogP contribution in [0.1, 0.15) is 10.4 Å². The van der Waals surface area contributed by atoms with Crippen molar-refractivity contribution in [1.29, 1.82) is 0 Å². The maximum absolute atomic E-state index is 12.3. The Kier molecular flexibility index (Phi) is 2.94. The van der Waals surface area contributed by atoms with Gasteiger partial charge >= 0.3 is 5.97 Å². The quantitative estimate of drug-likeness (QED) is 0.907. The minimum atomic E-state index is -1.22. The van der Waals surface area contributed by atoms with Gasteiger partial charge in [-0.2, -0.15) is 0 Å². The normalized spacial score (nSPS) is 16.9. The minimum absolute atomic E-state index is 0.229. The lowest BCUT2D eigenvalue weighted by molar-refractivity contribution is 0.0638. The second kappa shape index (κ2) is 4.64. The van der Waals surface area contributed by atoms with E-state index in [1.54, 1.807) is 25.3 Å². The highest BCUT2D eigenvalue weighted by Crippen LogP contribution is 2.29. The molecule has 1 unspecified atom stereocenters. The Hall–Kier alpha value is -2.34. The van der Waals surface area contributed by atoms with Gasteiger partial charge in [0.15, 0.2) is 0 Å². The molecule has 0 fully saturated rings. The third kappa shape index (κ3) is 1.85. The monoisotopic (exact) mass is 275 g/mol. The number of aromatic nitrogens is 1. The number of hydrogen-bond donors (Lipinski definition) is 1. The Morgan fingerprint density at radius 1 is 1.55 bits per heavy atom. The highest BCUT2D eigenvalue weighted by Gasteiger charge is 2.25. The van der Waals surface area contributed by atoms with Crippen molar-refractivity contribution in [3.63, 3.8) is 0 Å². The van der Waals surface area contributed by atoms with Crippen LogP contribution in [0, 0.1) is 0 Å². The highest BCUT2D eigenvalue weighted by atomic mass is 16.5. The summed E-state index contributed by atoms with van der Waals surface area (Å²) in [4.78, 5) is 23.5. The number of carbonyl (C=O) groups is 1. The smallest absolute Gasteiger partial charge is 0.341 e. The van der Waals surface area contributed by atoms with E-state index in [4.69, 9.17) is 14.6 Å². The zero-order chi connectivity index (χ0) is 14.3. The van der Waals surface area contributed by atoms with E-state index >= 15 is 0 Å². The van der Waals surface area contributed by atoms with E-state index in [9.17, 15) is 9.59 Å². The number of carboxylic acid groups (broad SMARTS) is 1. The zero-order valence-corrected chi connectivity index (χ0v) is 10.8. The number of hydrogen-bond acceptors (Lipinski definition) is 4. The first kappa shape index (κ1) is 12.7. The third-order valence-electron chi connectivity index (χ3n) is 3.34. The molecule has 6 heteroatoms. The van der Waals surface area contributed by atoms with Crippen molar-refractivity contribution in [2.24, 2.45) is 0 Å². The van der Waals surface area contributed by atoms with Crippen molar-refractivity contribution in [3.05, 3.63) is 40.2 Å². The molecule has 3 rings (SSSR count). The average molecular weight is 275 g/mol. The van der Waals surface area contributed by atoms with Crippen LogP contribution in [0.5, 0.6) is 5.75 Å². The summed E-state index contributed by atoms with van der Waals surface area (Å²) in [6.07, 6.45) is -0.306. The topological polar surface area (TPSA) is 77.8 Å². The van der Waals surface area contributed by atoms with Crippen LogP contribution in [-0.4, -0.2) is 35.5 Å². The van der Waals surface area contributed by atoms with Gasteiger partial charge in [-0.3, -0.25) is 4.79 Å². The summed E-state index contributed by atoms with van der Waals surface area (Å²) in [6, 6.07) is 6.69. The fourth-order valence-corrected chi connectivity index (χ4v) is 2.52. The van der Waals surface area contributed by atoms with Gasteiger partial charge in [-0.1, -0.05) is 12.1 Å². The number of benzene rings is 1. The number of ether oxygens (including phenoxy) is 2. The first-order valence-corrected chi connectivity index (χ1v) is 6.17. The minimum Gasteiger partial charge on any atom is -0.484 e. The van der Waals surface area contributed by atoms with Crippen LogP contribution in [0.3, 0.4) is 0 Å². The van der Waals surface area contributed by atoms with E-state index in [2.05, 4.69) is 0 Å². The Morgan fingerprint density at radius 2 is 2.35 bits per heavy atom. The fourth-order valence-electron chi connectivity index (χ4n) is 2.52. The van der Waals surface area contributed by atoms with Crippen LogP contribution in [-0.2, 0) is 11.3 Å². The molecule has 1 aromatic carbocycles. The van der Waals surface area contributed by atoms with E-state index < -0.39 is 11.5 Å². The van der Waals surface area contributed by atoms with Crippen molar-refractivity contribution in [3.8, 4) is 5.75 Å².